The summed E-state index contributed by atoms with van der Waals surface area (Å²) < 4.78 is 12.9. The van der Waals surface area contributed by atoms with E-state index in [1.165, 1.54) is 0 Å². The molecule has 5 nitrogen and oxygen atoms in total. The van der Waals surface area contributed by atoms with Crippen LogP contribution < -0.4 is 15.2 Å². The predicted octanol–water partition coefficient (Wildman–Crippen LogP) is 2.73. The highest BCUT2D eigenvalue weighted by atomic mass is 16.5. The lowest BCUT2D eigenvalue weighted by Crippen LogP contribution is -2.00. The van der Waals surface area contributed by atoms with Gasteiger partial charge in [0.05, 0.1) is 19.4 Å². The highest BCUT2D eigenvalue weighted by molar-refractivity contribution is 5.66. The number of rotatable bonds is 7. The molecule has 0 unspecified atom stereocenters. The second kappa shape index (κ2) is 7.13. The van der Waals surface area contributed by atoms with Crippen LogP contribution in [0.4, 0.5) is 0 Å². The topological polar surface area (TPSA) is 62.3 Å². The van der Waals surface area contributed by atoms with E-state index in [1.807, 2.05) is 31.4 Å². The van der Waals surface area contributed by atoms with Gasteiger partial charge < -0.3 is 15.2 Å². The molecule has 0 spiro atoms. The third-order valence-corrected chi connectivity index (χ3v) is 3.32. The zero-order valence-electron chi connectivity index (χ0n) is 12.9. The summed E-state index contributed by atoms with van der Waals surface area (Å²) in [7, 11) is 3.54. The van der Waals surface area contributed by atoms with Gasteiger partial charge in [0.15, 0.2) is 11.5 Å². The van der Waals surface area contributed by atoms with Crippen LogP contribution in [0.1, 0.15) is 25.3 Å². The molecule has 0 saturated carbocycles. The molecule has 5 heteroatoms. The zero-order chi connectivity index (χ0) is 15.2. The minimum atomic E-state index is 0.459. The van der Waals surface area contributed by atoms with Gasteiger partial charge in [-0.1, -0.05) is 13.3 Å². The first-order chi connectivity index (χ1) is 10.2. The first kappa shape index (κ1) is 15.4. The molecular weight excluding hydrogens is 266 g/mol. The fraction of sp³-hybridized carbons (Fsp3) is 0.438. The maximum absolute atomic E-state index is 5.77. The first-order valence-corrected chi connectivity index (χ1v) is 7.23. The van der Waals surface area contributed by atoms with Gasteiger partial charge in [-0.05, 0) is 24.6 Å². The zero-order valence-corrected chi connectivity index (χ0v) is 12.9. The highest BCUT2D eigenvalue weighted by Crippen LogP contribution is 2.33. The van der Waals surface area contributed by atoms with Crippen molar-refractivity contribution in [3.05, 3.63) is 30.0 Å². The van der Waals surface area contributed by atoms with Crippen LogP contribution in [0.3, 0.4) is 0 Å². The normalized spacial score (nSPS) is 10.7. The van der Waals surface area contributed by atoms with E-state index in [9.17, 15) is 0 Å². The van der Waals surface area contributed by atoms with E-state index in [2.05, 4.69) is 12.0 Å². The fourth-order valence-corrected chi connectivity index (χ4v) is 2.19. The number of nitrogens with two attached hydrogens (primary N) is 1. The second-order valence-corrected chi connectivity index (χ2v) is 4.95. The second-order valence-electron chi connectivity index (χ2n) is 4.95. The van der Waals surface area contributed by atoms with Gasteiger partial charge in [0, 0.05) is 30.9 Å². The summed E-state index contributed by atoms with van der Waals surface area (Å²) in [5.41, 5.74) is 8.66. The monoisotopic (exact) mass is 289 g/mol. The van der Waals surface area contributed by atoms with Crippen molar-refractivity contribution in [1.82, 2.24) is 9.78 Å². The Morgan fingerprint density at radius 1 is 1.29 bits per heavy atom. The quantitative estimate of drug-likeness (QED) is 0.796. The van der Waals surface area contributed by atoms with Crippen LogP contribution in [-0.2, 0) is 13.6 Å². The van der Waals surface area contributed by atoms with Gasteiger partial charge in [0.2, 0.25) is 0 Å². The summed E-state index contributed by atoms with van der Waals surface area (Å²) in [6.07, 6.45) is 4.07. The number of benzene rings is 1. The Morgan fingerprint density at radius 3 is 2.76 bits per heavy atom. The Morgan fingerprint density at radius 2 is 2.10 bits per heavy atom. The van der Waals surface area contributed by atoms with Crippen LogP contribution in [0.5, 0.6) is 11.5 Å². The lowest BCUT2D eigenvalue weighted by atomic mass is 10.1. The van der Waals surface area contributed by atoms with Crippen molar-refractivity contribution in [2.75, 3.05) is 13.7 Å². The van der Waals surface area contributed by atoms with Crippen molar-refractivity contribution >= 4 is 0 Å². The lowest BCUT2D eigenvalue weighted by Gasteiger charge is -2.11. The molecule has 1 heterocycles. The van der Waals surface area contributed by atoms with E-state index in [-0.39, 0.29) is 0 Å². The minimum Gasteiger partial charge on any atom is -0.493 e. The molecule has 2 aromatic rings. The van der Waals surface area contributed by atoms with E-state index in [1.54, 1.807) is 11.8 Å². The number of aryl methyl sites for hydroxylation is 1. The molecular formula is C16H23N3O2. The molecule has 0 aliphatic carbocycles. The van der Waals surface area contributed by atoms with Crippen molar-refractivity contribution in [2.24, 2.45) is 12.8 Å². The molecule has 21 heavy (non-hydrogen) atoms. The van der Waals surface area contributed by atoms with Crippen LogP contribution in [0.15, 0.2) is 24.4 Å². The summed E-state index contributed by atoms with van der Waals surface area (Å²) in [4.78, 5) is 0. The Balaban J connectivity index is 2.29. The minimum absolute atomic E-state index is 0.459. The van der Waals surface area contributed by atoms with Crippen molar-refractivity contribution in [1.29, 1.82) is 0 Å². The third-order valence-electron chi connectivity index (χ3n) is 3.32. The summed E-state index contributed by atoms with van der Waals surface area (Å²) in [6, 6.07) is 5.87. The number of hydrogen-bond acceptors (Lipinski definition) is 4. The smallest absolute Gasteiger partial charge is 0.161 e. The number of hydrogen-bond donors (Lipinski definition) is 1. The molecule has 0 aliphatic heterocycles. The van der Waals surface area contributed by atoms with E-state index in [0.29, 0.717) is 13.2 Å². The Bertz CT molecular complexity index is 593. The van der Waals surface area contributed by atoms with Gasteiger partial charge in [0.25, 0.3) is 0 Å². The molecule has 0 bridgehead atoms. The van der Waals surface area contributed by atoms with Crippen molar-refractivity contribution in [3.8, 4) is 22.8 Å². The fourth-order valence-electron chi connectivity index (χ4n) is 2.19. The molecule has 1 aromatic heterocycles. The number of aromatic nitrogens is 2. The summed E-state index contributed by atoms with van der Waals surface area (Å²) in [5, 5.41) is 4.47. The van der Waals surface area contributed by atoms with Gasteiger partial charge in [-0.25, -0.2) is 0 Å². The van der Waals surface area contributed by atoms with E-state index in [0.717, 1.165) is 41.2 Å². The van der Waals surface area contributed by atoms with Crippen molar-refractivity contribution < 1.29 is 9.47 Å². The number of unbranched alkanes of at least 4 members (excludes halogenated alkanes) is 1. The Hall–Kier alpha value is -2.01. The Kier molecular flexibility index (Phi) is 5.22. The molecule has 2 N–H and O–H groups in total. The lowest BCUT2D eigenvalue weighted by molar-refractivity contribution is 0.288. The SMILES string of the molecule is CCCCOc1ccc(-c2nn(C)cc2CN)cc1OC. The number of methoxy groups -OCH3 is 1. The molecule has 0 amide bonds. The largest absolute Gasteiger partial charge is 0.493 e. The van der Waals surface area contributed by atoms with Gasteiger partial charge in [-0.2, -0.15) is 5.10 Å². The van der Waals surface area contributed by atoms with Crippen molar-refractivity contribution in [3.63, 3.8) is 0 Å². The first-order valence-electron chi connectivity index (χ1n) is 7.23. The Labute approximate surface area is 125 Å². The molecule has 0 saturated heterocycles. The van der Waals surface area contributed by atoms with Gasteiger partial charge in [-0.15, -0.1) is 0 Å². The van der Waals surface area contributed by atoms with E-state index in [4.69, 9.17) is 15.2 Å². The van der Waals surface area contributed by atoms with Gasteiger partial charge in [0.1, 0.15) is 0 Å². The number of nitrogens with zero attached hydrogens (tertiary/aromatic N) is 2. The maximum atomic E-state index is 5.77. The van der Waals surface area contributed by atoms with Gasteiger partial charge in [-0.3, -0.25) is 4.68 Å². The third kappa shape index (κ3) is 3.55. The molecule has 1 aromatic carbocycles. The standard InChI is InChI=1S/C16H23N3O2/c1-4-5-8-21-14-7-6-12(9-15(14)20-3)16-13(10-17)11-19(2)18-16/h6-7,9,11H,4-5,8,10,17H2,1-3H3. The van der Waals surface area contributed by atoms with E-state index >= 15 is 0 Å². The average molecular weight is 289 g/mol. The van der Waals surface area contributed by atoms with Crippen molar-refractivity contribution in [2.45, 2.75) is 26.3 Å². The molecule has 0 atom stereocenters. The van der Waals surface area contributed by atoms with Crippen LogP contribution in [0.25, 0.3) is 11.3 Å². The molecule has 0 fully saturated rings. The molecule has 0 radical (unpaired) electrons. The highest BCUT2D eigenvalue weighted by Gasteiger charge is 2.12. The van der Waals surface area contributed by atoms with Crippen LogP contribution in [0.2, 0.25) is 0 Å². The summed E-state index contributed by atoms with van der Waals surface area (Å²) in [6.45, 7) is 3.29. The summed E-state index contributed by atoms with van der Waals surface area (Å²) in [5.74, 6) is 1.48. The average Bonchev–Trinajstić information content (AvgIpc) is 2.88. The number of ether oxygens (including phenoxy) is 2. The molecule has 2 rings (SSSR count). The predicted molar refractivity (Wildman–Crippen MR) is 83.5 cm³/mol. The van der Waals surface area contributed by atoms with Crippen LogP contribution >= 0.6 is 0 Å². The molecule has 114 valence electrons. The molecule has 0 aliphatic rings. The van der Waals surface area contributed by atoms with Gasteiger partial charge >= 0.3 is 0 Å². The van der Waals surface area contributed by atoms with Crippen LogP contribution in [0, 0.1) is 0 Å². The van der Waals surface area contributed by atoms with Crippen LogP contribution in [-0.4, -0.2) is 23.5 Å². The van der Waals surface area contributed by atoms with E-state index < -0.39 is 0 Å². The maximum Gasteiger partial charge on any atom is 0.161 e. The summed E-state index contributed by atoms with van der Waals surface area (Å²) >= 11 is 0.